The molecule has 0 aliphatic heterocycles. The first-order chi connectivity index (χ1) is 23.8. The molecule has 0 N–H and O–H groups in total. The highest BCUT2D eigenvalue weighted by molar-refractivity contribution is 6.10. The summed E-state index contributed by atoms with van der Waals surface area (Å²) < 4.78 is 6.39. The van der Waals surface area contributed by atoms with Gasteiger partial charge < -0.3 is 9.32 Å². The molecule has 0 unspecified atom stereocenters. The molecule has 1 heterocycles. The minimum atomic E-state index is 0.888. The van der Waals surface area contributed by atoms with E-state index in [4.69, 9.17) is 4.42 Å². The summed E-state index contributed by atoms with van der Waals surface area (Å²) in [5, 5.41) is 4.65. The van der Waals surface area contributed by atoms with E-state index in [0.717, 1.165) is 50.1 Å². The molecule has 0 aliphatic rings. The highest BCUT2D eigenvalue weighted by Gasteiger charge is 2.21. The zero-order valence-corrected chi connectivity index (χ0v) is 26.3. The predicted octanol–water partition coefficient (Wildman–Crippen LogP) is 13.2. The van der Waals surface area contributed by atoms with Gasteiger partial charge in [0.15, 0.2) is 0 Å². The molecule has 1 aromatic heterocycles. The normalized spacial score (nSPS) is 11.3. The molecule has 0 aliphatic carbocycles. The van der Waals surface area contributed by atoms with Crippen LogP contribution in [0.2, 0.25) is 0 Å². The van der Waals surface area contributed by atoms with E-state index in [1.807, 2.05) is 12.1 Å². The summed E-state index contributed by atoms with van der Waals surface area (Å²) >= 11 is 0. The smallest absolute Gasteiger partial charge is 0.136 e. The molecule has 48 heavy (non-hydrogen) atoms. The summed E-state index contributed by atoms with van der Waals surface area (Å²) in [6, 6.07) is 67.0. The molecule has 8 aromatic carbocycles. The first-order valence-electron chi connectivity index (χ1n) is 16.3. The van der Waals surface area contributed by atoms with Crippen LogP contribution in [0.4, 0.5) is 17.1 Å². The Morgan fingerprint density at radius 2 is 0.833 bits per heavy atom. The number of hydrogen-bond acceptors (Lipinski definition) is 2. The van der Waals surface area contributed by atoms with Crippen molar-refractivity contribution in [2.75, 3.05) is 4.90 Å². The molecular formula is C46H31NO. The maximum absolute atomic E-state index is 6.39. The third-order valence-electron chi connectivity index (χ3n) is 9.28. The second kappa shape index (κ2) is 11.8. The zero-order chi connectivity index (χ0) is 31.9. The number of anilines is 3. The number of hydrogen-bond donors (Lipinski definition) is 0. The summed E-state index contributed by atoms with van der Waals surface area (Å²) in [5.41, 5.74) is 12.1. The lowest BCUT2D eigenvalue weighted by Crippen LogP contribution is -2.11. The fourth-order valence-electron chi connectivity index (χ4n) is 6.93. The number of nitrogens with zero attached hydrogens (tertiary/aromatic N) is 1. The van der Waals surface area contributed by atoms with Crippen molar-refractivity contribution in [1.29, 1.82) is 0 Å². The minimum absolute atomic E-state index is 0.888. The summed E-state index contributed by atoms with van der Waals surface area (Å²) in [4.78, 5) is 2.38. The van der Waals surface area contributed by atoms with Crippen LogP contribution in [0.5, 0.6) is 0 Å². The van der Waals surface area contributed by atoms with Crippen molar-refractivity contribution in [3.05, 3.63) is 188 Å². The van der Waals surface area contributed by atoms with Gasteiger partial charge in [-0.2, -0.15) is 0 Å². The fourth-order valence-corrected chi connectivity index (χ4v) is 6.93. The first-order valence-corrected chi connectivity index (χ1v) is 16.3. The average molecular weight is 614 g/mol. The van der Waals surface area contributed by atoms with Crippen LogP contribution in [0.1, 0.15) is 0 Å². The average Bonchev–Trinajstić information content (AvgIpc) is 3.54. The third kappa shape index (κ3) is 4.92. The van der Waals surface area contributed by atoms with E-state index in [0.29, 0.717) is 0 Å². The van der Waals surface area contributed by atoms with Gasteiger partial charge in [0.1, 0.15) is 11.2 Å². The molecule has 0 radical (unpaired) electrons. The van der Waals surface area contributed by atoms with E-state index in [1.54, 1.807) is 0 Å². The van der Waals surface area contributed by atoms with Gasteiger partial charge in [-0.25, -0.2) is 0 Å². The molecule has 9 aromatic rings. The maximum Gasteiger partial charge on any atom is 0.136 e. The molecule has 2 nitrogen and oxygen atoms in total. The van der Waals surface area contributed by atoms with Crippen molar-refractivity contribution in [2.24, 2.45) is 0 Å². The van der Waals surface area contributed by atoms with Gasteiger partial charge in [-0.15, -0.1) is 0 Å². The molecule has 0 bridgehead atoms. The van der Waals surface area contributed by atoms with Crippen LogP contribution in [0.3, 0.4) is 0 Å². The van der Waals surface area contributed by atoms with Gasteiger partial charge in [-0.1, -0.05) is 140 Å². The molecule has 0 amide bonds. The molecule has 2 heteroatoms. The van der Waals surface area contributed by atoms with Gasteiger partial charge in [-0.3, -0.25) is 0 Å². The van der Waals surface area contributed by atoms with Gasteiger partial charge in [0, 0.05) is 27.7 Å². The highest BCUT2D eigenvalue weighted by atomic mass is 16.3. The van der Waals surface area contributed by atoms with E-state index < -0.39 is 0 Å². The Morgan fingerprint density at radius 3 is 1.48 bits per heavy atom. The molecule has 0 fully saturated rings. The number of rotatable bonds is 6. The molecule has 0 saturated carbocycles. The zero-order valence-electron chi connectivity index (χ0n) is 26.3. The van der Waals surface area contributed by atoms with Crippen LogP contribution in [0.15, 0.2) is 192 Å². The topological polar surface area (TPSA) is 16.4 Å². The summed E-state index contributed by atoms with van der Waals surface area (Å²) in [6.07, 6.45) is 0. The maximum atomic E-state index is 6.39. The van der Waals surface area contributed by atoms with E-state index in [9.17, 15) is 0 Å². The predicted molar refractivity (Wildman–Crippen MR) is 202 cm³/mol. The van der Waals surface area contributed by atoms with Crippen LogP contribution in [-0.4, -0.2) is 0 Å². The minimum Gasteiger partial charge on any atom is -0.456 e. The Kier molecular flexibility index (Phi) is 6.84. The van der Waals surface area contributed by atoms with Crippen LogP contribution in [-0.2, 0) is 0 Å². The molecule has 226 valence electrons. The fraction of sp³-hybridized carbons (Fsp3) is 0. The van der Waals surface area contributed by atoms with Gasteiger partial charge >= 0.3 is 0 Å². The monoisotopic (exact) mass is 613 g/mol. The molecule has 0 saturated heterocycles. The Morgan fingerprint density at radius 1 is 0.333 bits per heavy atom. The quantitative estimate of drug-likeness (QED) is 0.185. The SMILES string of the molecule is c1ccc(-c2ccc(N(c3ccc(-c4ccccc4)cc3)c3ccc4ccccc4c3-c3ccc4c(c3)oc3ccccc34)cc2)cc1. The van der Waals surface area contributed by atoms with Crippen molar-refractivity contribution < 1.29 is 4.42 Å². The van der Waals surface area contributed by atoms with Crippen LogP contribution >= 0.6 is 0 Å². The summed E-state index contributed by atoms with van der Waals surface area (Å²) in [7, 11) is 0. The van der Waals surface area contributed by atoms with Crippen LogP contribution in [0, 0.1) is 0 Å². The van der Waals surface area contributed by atoms with E-state index in [1.165, 1.54) is 33.0 Å². The Balaban J connectivity index is 1.26. The van der Waals surface area contributed by atoms with Crippen molar-refractivity contribution in [3.8, 4) is 33.4 Å². The summed E-state index contributed by atoms with van der Waals surface area (Å²) in [5.74, 6) is 0. The molecule has 0 atom stereocenters. The van der Waals surface area contributed by atoms with Gasteiger partial charge in [-0.05, 0) is 87.1 Å². The Bertz CT molecular complexity index is 2450. The van der Waals surface area contributed by atoms with Gasteiger partial charge in [0.2, 0.25) is 0 Å². The lowest BCUT2D eigenvalue weighted by molar-refractivity contribution is 0.669. The van der Waals surface area contributed by atoms with Crippen molar-refractivity contribution >= 4 is 49.8 Å². The largest absolute Gasteiger partial charge is 0.456 e. The van der Waals surface area contributed by atoms with E-state index >= 15 is 0 Å². The number of fused-ring (bicyclic) bond motifs is 4. The number of benzene rings is 8. The second-order valence-corrected chi connectivity index (χ2v) is 12.2. The van der Waals surface area contributed by atoms with Crippen LogP contribution < -0.4 is 4.90 Å². The van der Waals surface area contributed by atoms with Gasteiger partial charge in [0.05, 0.1) is 5.69 Å². The standard InChI is InChI=1S/C46H31NO/c1-3-11-32(12-4-1)34-19-25-38(26-20-34)47(39-27-21-35(22-28-39)33-13-5-2-6-14-33)43-30-24-36-15-7-8-16-40(36)46(43)37-23-29-42-41-17-9-10-18-44(41)48-45(42)31-37/h1-31H. The lowest BCUT2D eigenvalue weighted by Gasteiger charge is -2.29. The third-order valence-corrected chi connectivity index (χ3v) is 9.28. The van der Waals surface area contributed by atoms with Crippen molar-refractivity contribution in [1.82, 2.24) is 0 Å². The molecular weight excluding hydrogens is 583 g/mol. The molecule has 9 rings (SSSR count). The molecule has 0 spiro atoms. The highest BCUT2D eigenvalue weighted by Crippen LogP contribution is 2.46. The summed E-state index contributed by atoms with van der Waals surface area (Å²) in [6.45, 7) is 0. The second-order valence-electron chi connectivity index (χ2n) is 12.2. The number of para-hydroxylation sites is 1. The lowest BCUT2D eigenvalue weighted by atomic mass is 9.94. The van der Waals surface area contributed by atoms with Crippen molar-refractivity contribution in [3.63, 3.8) is 0 Å². The Labute approximate surface area is 279 Å². The van der Waals surface area contributed by atoms with E-state index in [2.05, 4.69) is 181 Å². The van der Waals surface area contributed by atoms with Crippen LogP contribution in [0.25, 0.3) is 66.1 Å². The van der Waals surface area contributed by atoms with Crippen molar-refractivity contribution in [2.45, 2.75) is 0 Å². The van der Waals surface area contributed by atoms with E-state index in [-0.39, 0.29) is 0 Å². The van der Waals surface area contributed by atoms with Gasteiger partial charge in [0.25, 0.3) is 0 Å². The first kappa shape index (κ1) is 27.9. The number of furan rings is 1. The Hall–Kier alpha value is -6.38.